The van der Waals surface area contributed by atoms with Gasteiger partial charge in [-0.15, -0.1) is 11.8 Å². The number of hydrogen-bond acceptors (Lipinski definition) is 2. The molecule has 7 heteroatoms. The molecule has 2 rings (SSSR count). The summed E-state index contributed by atoms with van der Waals surface area (Å²) in [6.45, 7) is 0. The van der Waals surface area contributed by atoms with E-state index in [2.05, 4.69) is 5.32 Å². The van der Waals surface area contributed by atoms with Crippen molar-refractivity contribution in [3.8, 4) is 0 Å². The van der Waals surface area contributed by atoms with Gasteiger partial charge in [-0.3, -0.25) is 4.79 Å². The van der Waals surface area contributed by atoms with Crippen LogP contribution < -0.4 is 5.32 Å². The Bertz CT molecular complexity index is 678. The molecule has 1 N–H and O–H groups in total. The van der Waals surface area contributed by atoms with Gasteiger partial charge >= 0.3 is 0 Å². The smallest absolute Gasteiger partial charge is 0.234 e. The lowest BCUT2D eigenvalue weighted by atomic mass is 10.3. The van der Waals surface area contributed by atoms with Crippen molar-refractivity contribution in [1.82, 2.24) is 0 Å². The summed E-state index contributed by atoms with van der Waals surface area (Å²) in [5, 5.41) is 2.20. The molecule has 0 atom stereocenters. The number of benzene rings is 2. The summed E-state index contributed by atoms with van der Waals surface area (Å²) in [5.74, 6) is -4.96. The molecule has 0 aromatic heterocycles. The molecule has 2 aromatic rings. The van der Waals surface area contributed by atoms with Crippen molar-refractivity contribution in [2.24, 2.45) is 0 Å². The second kappa shape index (κ2) is 6.62. The summed E-state index contributed by atoms with van der Waals surface area (Å²) >= 11 is 0.946. The van der Waals surface area contributed by atoms with E-state index < -0.39 is 29.2 Å². The summed E-state index contributed by atoms with van der Waals surface area (Å²) in [6, 6.07) is 6.63. The maximum atomic E-state index is 13.3. The fraction of sp³-hybridized carbons (Fsp3) is 0.0714. The third-order valence-electron chi connectivity index (χ3n) is 2.49. The molecule has 0 fully saturated rings. The van der Waals surface area contributed by atoms with Crippen LogP contribution in [0.2, 0.25) is 0 Å². The van der Waals surface area contributed by atoms with Crippen LogP contribution in [0.5, 0.6) is 0 Å². The monoisotopic (exact) mass is 315 g/mol. The molecule has 0 aliphatic carbocycles. The maximum absolute atomic E-state index is 13.3. The molecule has 0 radical (unpaired) electrons. The molecule has 0 saturated carbocycles. The van der Waals surface area contributed by atoms with Gasteiger partial charge < -0.3 is 5.32 Å². The molecular weight excluding hydrogens is 306 g/mol. The molecule has 0 spiro atoms. The highest BCUT2D eigenvalue weighted by Crippen LogP contribution is 2.21. The maximum Gasteiger partial charge on any atom is 0.234 e. The van der Waals surface area contributed by atoms with Crippen molar-refractivity contribution in [3.05, 3.63) is 59.7 Å². The first kappa shape index (κ1) is 15.4. The first-order valence-electron chi connectivity index (χ1n) is 5.79. The van der Waals surface area contributed by atoms with Gasteiger partial charge in [-0.1, -0.05) is 6.07 Å². The predicted octanol–water partition coefficient (Wildman–Crippen LogP) is 3.97. The fourth-order valence-electron chi connectivity index (χ4n) is 1.50. The van der Waals surface area contributed by atoms with Crippen LogP contribution in [-0.2, 0) is 4.79 Å². The van der Waals surface area contributed by atoms with Gasteiger partial charge in [-0.05, 0) is 30.3 Å². The minimum Gasteiger partial charge on any atom is -0.323 e. The Kier molecular flexibility index (Phi) is 4.85. The minimum absolute atomic E-state index is 0.152. The molecule has 1 amide bonds. The lowest BCUT2D eigenvalue weighted by Gasteiger charge is -2.07. The Morgan fingerprint density at radius 2 is 1.76 bits per heavy atom. The third-order valence-corrected chi connectivity index (χ3v) is 3.48. The average molecular weight is 315 g/mol. The SMILES string of the molecule is O=C(CSc1ccc(F)c(F)c1)Nc1cccc(F)c1F. The van der Waals surface area contributed by atoms with E-state index in [1.165, 1.54) is 18.2 Å². The topological polar surface area (TPSA) is 29.1 Å². The zero-order valence-corrected chi connectivity index (χ0v) is 11.3. The first-order valence-corrected chi connectivity index (χ1v) is 6.77. The quantitative estimate of drug-likeness (QED) is 0.683. The Morgan fingerprint density at radius 1 is 1.00 bits per heavy atom. The molecule has 0 aliphatic rings. The fourth-order valence-corrected chi connectivity index (χ4v) is 2.22. The molecule has 0 bridgehead atoms. The molecule has 0 heterocycles. The largest absolute Gasteiger partial charge is 0.323 e. The van der Waals surface area contributed by atoms with Gasteiger partial charge in [-0.2, -0.15) is 0 Å². The van der Waals surface area contributed by atoms with Gasteiger partial charge in [0.15, 0.2) is 23.3 Å². The Labute approximate surface area is 122 Å². The van der Waals surface area contributed by atoms with E-state index in [1.54, 1.807) is 0 Å². The van der Waals surface area contributed by atoms with Crippen molar-refractivity contribution < 1.29 is 22.4 Å². The molecule has 0 unspecified atom stereocenters. The van der Waals surface area contributed by atoms with Crippen LogP contribution >= 0.6 is 11.8 Å². The van der Waals surface area contributed by atoms with Gasteiger partial charge in [-0.25, -0.2) is 17.6 Å². The van der Waals surface area contributed by atoms with E-state index in [0.717, 1.165) is 30.0 Å². The van der Waals surface area contributed by atoms with E-state index in [0.29, 0.717) is 4.90 Å². The highest BCUT2D eigenvalue weighted by atomic mass is 32.2. The molecule has 0 saturated heterocycles. The van der Waals surface area contributed by atoms with Crippen molar-refractivity contribution in [2.45, 2.75) is 4.90 Å². The Morgan fingerprint density at radius 3 is 2.48 bits per heavy atom. The van der Waals surface area contributed by atoms with E-state index in [4.69, 9.17) is 0 Å². The van der Waals surface area contributed by atoms with Crippen molar-refractivity contribution in [2.75, 3.05) is 11.1 Å². The normalized spacial score (nSPS) is 10.5. The number of halogens is 4. The summed E-state index contributed by atoms with van der Waals surface area (Å²) in [6.07, 6.45) is 0. The van der Waals surface area contributed by atoms with E-state index in [-0.39, 0.29) is 11.4 Å². The van der Waals surface area contributed by atoms with Gasteiger partial charge in [0.05, 0.1) is 11.4 Å². The van der Waals surface area contributed by atoms with Crippen LogP contribution in [0.1, 0.15) is 0 Å². The zero-order valence-electron chi connectivity index (χ0n) is 10.5. The second-order valence-electron chi connectivity index (χ2n) is 4.01. The number of anilines is 1. The van der Waals surface area contributed by atoms with Gasteiger partial charge in [0.25, 0.3) is 0 Å². The highest BCUT2D eigenvalue weighted by Gasteiger charge is 2.11. The van der Waals surface area contributed by atoms with Crippen LogP contribution in [0, 0.1) is 23.3 Å². The molecule has 2 aromatic carbocycles. The number of carbonyl (C=O) groups is 1. The number of rotatable bonds is 4. The standard InChI is InChI=1S/C14H9F4NOS/c15-9-5-4-8(6-11(9)17)21-7-13(20)19-12-3-1-2-10(16)14(12)18/h1-6H,7H2,(H,19,20). The number of nitrogens with one attached hydrogen (secondary N) is 1. The Balaban J connectivity index is 1.96. The third kappa shape index (κ3) is 3.98. The molecule has 110 valence electrons. The van der Waals surface area contributed by atoms with Crippen LogP contribution in [0.25, 0.3) is 0 Å². The van der Waals surface area contributed by atoms with Crippen LogP contribution in [0.3, 0.4) is 0 Å². The van der Waals surface area contributed by atoms with Crippen LogP contribution in [-0.4, -0.2) is 11.7 Å². The van der Waals surface area contributed by atoms with Crippen molar-refractivity contribution >= 4 is 23.4 Å². The molecule has 0 aliphatic heterocycles. The minimum atomic E-state index is -1.15. The number of amides is 1. The summed E-state index contributed by atoms with van der Waals surface area (Å²) < 4.78 is 52.0. The highest BCUT2D eigenvalue weighted by molar-refractivity contribution is 8.00. The summed E-state index contributed by atoms with van der Waals surface area (Å²) in [5.41, 5.74) is -0.272. The number of thioether (sulfide) groups is 1. The van der Waals surface area contributed by atoms with E-state index in [1.807, 2.05) is 0 Å². The van der Waals surface area contributed by atoms with E-state index in [9.17, 15) is 22.4 Å². The lowest BCUT2D eigenvalue weighted by molar-refractivity contribution is -0.113. The molecular formula is C14H9F4NOS. The van der Waals surface area contributed by atoms with Crippen LogP contribution in [0.15, 0.2) is 41.3 Å². The average Bonchev–Trinajstić information content (AvgIpc) is 2.45. The first-order chi connectivity index (χ1) is 9.97. The lowest BCUT2D eigenvalue weighted by Crippen LogP contribution is -2.15. The van der Waals surface area contributed by atoms with Gasteiger partial charge in [0.2, 0.25) is 5.91 Å². The summed E-state index contributed by atoms with van der Waals surface area (Å²) in [4.78, 5) is 12.0. The summed E-state index contributed by atoms with van der Waals surface area (Å²) in [7, 11) is 0. The molecule has 21 heavy (non-hydrogen) atoms. The van der Waals surface area contributed by atoms with Gasteiger partial charge in [0, 0.05) is 4.90 Å². The Hall–Kier alpha value is -2.02. The number of hydrogen-bond donors (Lipinski definition) is 1. The van der Waals surface area contributed by atoms with Crippen LogP contribution in [0.4, 0.5) is 23.2 Å². The van der Waals surface area contributed by atoms with Gasteiger partial charge in [0.1, 0.15) is 0 Å². The number of carbonyl (C=O) groups excluding carboxylic acids is 1. The van der Waals surface area contributed by atoms with Crippen molar-refractivity contribution in [3.63, 3.8) is 0 Å². The zero-order chi connectivity index (χ0) is 15.4. The van der Waals surface area contributed by atoms with E-state index >= 15 is 0 Å². The second-order valence-corrected chi connectivity index (χ2v) is 5.06. The molecule has 2 nitrogen and oxygen atoms in total. The van der Waals surface area contributed by atoms with Crippen molar-refractivity contribution in [1.29, 1.82) is 0 Å². The predicted molar refractivity (Wildman–Crippen MR) is 72.1 cm³/mol.